The molecule has 0 bridgehead atoms. The maximum Gasteiger partial charge on any atom is 0.306 e. The number of carbonyl (C=O) groups is 1. The number of aliphatic hydroxyl groups excluding tert-OH is 4. The summed E-state index contributed by atoms with van der Waals surface area (Å²) in [6.45, 7) is 4.39. The Balaban J connectivity index is 2.15. The summed E-state index contributed by atoms with van der Waals surface area (Å²) in [5.41, 5.74) is 0. The molecule has 1 aliphatic heterocycles. The number of unbranched alkanes of at least 4 members (excludes halogenated alkanes) is 17. The number of ether oxygens (including phenoxy) is 4. The van der Waals surface area contributed by atoms with Gasteiger partial charge in [-0.15, -0.1) is 0 Å². The molecular formula is C45H80O9. The van der Waals surface area contributed by atoms with Crippen molar-refractivity contribution in [1.29, 1.82) is 0 Å². The topological polar surface area (TPSA) is 135 Å². The van der Waals surface area contributed by atoms with Crippen LogP contribution in [0, 0.1) is 0 Å². The molecular weight excluding hydrogens is 684 g/mol. The highest BCUT2D eigenvalue weighted by molar-refractivity contribution is 5.69. The minimum atomic E-state index is -1.53. The van der Waals surface area contributed by atoms with Gasteiger partial charge in [-0.1, -0.05) is 159 Å². The van der Waals surface area contributed by atoms with Crippen LogP contribution in [0.1, 0.15) is 168 Å². The van der Waals surface area contributed by atoms with Gasteiger partial charge in [0.25, 0.3) is 0 Å². The van der Waals surface area contributed by atoms with Crippen LogP contribution in [0.5, 0.6) is 0 Å². The van der Waals surface area contributed by atoms with Crippen molar-refractivity contribution in [1.82, 2.24) is 0 Å². The average molecular weight is 765 g/mol. The van der Waals surface area contributed by atoms with E-state index in [4.69, 9.17) is 18.9 Å². The zero-order valence-electron chi connectivity index (χ0n) is 34.2. The summed E-state index contributed by atoms with van der Waals surface area (Å²) in [6, 6.07) is 0. The van der Waals surface area contributed by atoms with Crippen LogP contribution in [-0.2, 0) is 23.7 Å². The van der Waals surface area contributed by atoms with Crippen LogP contribution in [0.25, 0.3) is 0 Å². The van der Waals surface area contributed by atoms with Crippen molar-refractivity contribution in [3.05, 3.63) is 48.6 Å². The zero-order valence-corrected chi connectivity index (χ0v) is 34.2. The molecule has 6 atom stereocenters. The largest absolute Gasteiger partial charge is 0.457 e. The van der Waals surface area contributed by atoms with Gasteiger partial charge < -0.3 is 39.4 Å². The Morgan fingerprint density at radius 1 is 0.611 bits per heavy atom. The van der Waals surface area contributed by atoms with E-state index >= 15 is 0 Å². The van der Waals surface area contributed by atoms with Gasteiger partial charge in [-0.3, -0.25) is 4.79 Å². The number of hydrogen-bond acceptors (Lipinski definition) is 9. The molecule has 0 aromatic carbocycles. The summed E-state index contributed by atoms with van der Waals surface area (Å²) in [5, 5.41) is 39.9. The Morgan fingerprint density at radius 3 is 1.70 bits per heavy atom. The van der Waals surface area contributed by atoms with Gasteiger partial charge in [-0.2, -0.15) is 0 Å². The van der Waals surface area contributed by atoms with Crippen molar-refractivity contribution in [2.45, 2.75) is 205 Å². The first kappa shape index (κ1) is 50.2. The molecule has 0 amide bonds. The molecule has 0 aliphatic carbocycles. The van der Waals surface area contributed by atoms with E-state index in [2.05, 4.69) is 62.5 Å². The SMILES string of the molecule is CC/C=C\C/C=C\C/C=C\C/C=C\CCCCCCCCCCCCCOCC(COC1OC(CO)C(O)C(O)C1O)OC(=O)CCCCCCCCC. The van der Waals surface area contributed by atoms with Crippen LogP contribution in [0.4, 0.5) is 0 Å². The number of carbonyl (C=O) groups excluding carboxylic acids is 1. The van der Waals surface area contributed by atoms with Crippen LogP contribution < -0.4 is 0 Å². The molecule has 1 saturated heterocycles. The summed E-state index contributed by atoms with van der Waals surface area (Å²) in [4.78, 5) is 12.6. The second kappa shape index (κ2) is 36.8. The van der Waals surface area contributed by atoms with Crippen LogP contribution in [0.2, 0.25) is 0 Å². The fourth-order valence-electron chi connectivity index (χ4n) is 6.36. The second-order valence-electron chi connectivity index (χ2n) is 14.8. The van der Waals surface area contributed by atoms with Crippen LogP contribution in [0.3, 0.4) is 0 Å². The van der Waals surface area contributed by atoms with E-state index in [1.54, 1.807) is 0 Å². The third kappa shape index (κ3) is 27.7. The van der Waals surface area contributed by atoms with Crippen molar-refractivity contribution < 1.29 is 44.2 Å². The molecule has 6 unspecified atom stereocenters. The molecule has 0 saturated carbocycles. The highest BCUT2D eigenvalue weighted by Gasteiger charge is 2.44. The smallest absolute Gasteiger partial charge is 0.306 e. The third-order valence-electron chi connectivity index (χ3n) is 9.76. The Hall–Kier alpha value is -1.85. The van der Waals surface area contributed by atoms with Crippen molar-refractivity contribution >= 4 is 5.97 Å². The lowest BCUT2D eigenvalue weighted by Crippen LogP contribution is -2.59. The molecule has 1 heterocycles. The van der Waals surface area contributed by atoms with Gasteiger partial charge in [0.1, 0.15) is 30.5 Å². The maximum atomic E-state index is 12.6. The lowest BCUT2D eigenvalue weighted by atomic mass is 9.99. The van der Waals surface area contributed by atoms with Gasteiger partial charge in [-0.05, 0) is 51.4 Å². The Labute approximate surface area is 329 Å². The molecule has 1 aliphatic rings. The van der Waals surface area contributed by atoms with Crippen LogP contribution in [-0.4, -0.2) is 89.6 Å². The normalized spacial score (nSPS) is 21.3. The summed E-state index contributed by atoms with van der Waals surface area (Å²) in [6.07, 6.45) is 37.4. The highest BCUT2D eigenvalue weighted by atomic mass is 16.7. The molecule has 0 aromatic rings. The predicted molar refractivity (Wildman–Crippen MR) is 219 cm³/mol. The van der Waals surface area contributed by atoms with E-state index in [9.17, 15) is 25.2 Å². The molecule has 4 N–H and O–H groups in total. The van der Waals surface area contributed by atoms with Gasteiger partial charge in [-0.25, -0.2) is 0 Å². The Kier molecular flexibility index (Phi) is 34.2. The van der Waals surface area contributed by atoms with Gasteiger partial charge in [0.15, 0.2) is 6.29 Å². The molecule has 314 valence electrons. The van der Waals surface area contributed by atoms with E-state index < -0.39 is 43.4 Å². The molecule has 54 heavy (non-hydrogen) atoms. The summed E-state index contributed by atoms with van der Waals surface area (Å²) < 4.78 is 22.7. The van der Waals surface area contributed by atoms with E-state index in [-0.39, 0.29) is 19.2 Å². The fraction of sp³-hybridized carbons (Fsp3) is 0.800. The summed E-state index contributed by atoms with van der Waals surface area (Å²) in [7, 11) is 0. The molecule has 0 spiro atoms. The molecule has 0 radical (unpaired) electrons. The molecule has 0 aromatic heterocycles. The predicted octanol–water partition coefficient (Wildman–Crippen LogP) is 9.36. The lowest BCUT2D eigenvalue weighted by Gasteiger charge is -2.39. The number of rotatable bonds is 36. The van der Waals surface area contributed by atoms with E-state index in [0.717, 1.165) is 57.8 Å². The lowest BCUT2D eigenvalue weighted by molar-refractivity contribution is -0.305. The second-order valence-corrected chi connectivity index (χ2v) is 14.8. The van der Waals surface area contributed by atoms with E-state index in [1.807, 2.05) is 0 Å². The summed E-state index contributed by atoms with van der Waals surface area (Å²) >= 11 is 0. The van der Waals surface area contributed by atoms with Crippen LogP contribution in [0.15, 0.2) is 48.6 Å². The van der Waals surface area contributed by atoms with Gasteiger partial charge in [0.05, 0.1) is 19.8 Å². The molecule has 1 fully saturated rings. The molecule has 1 rings (SSSR count). The minimum Gasteiger partial charge on any atom is -0.457 e. The number of allylic oxidation sites excluding steroid dienone is 8. The quantitative estimate of drug-likeness (QED) is 0.0280. The standard InChI is InChI=1S/C45H80O9/c1-3-5-7-9-11-12-13-14-15-16-17-18-19-20-21-22-23-24-25-26-27-29-31-33-35-51-37-39(53-41(47)34-32-30-28-10-8-6-4-2)38-52-45-44(50)43(49)42(48)40(36-46)54-45/h5,7,11-12,14-15,17-18,39-40,42-46,48-50H,3-4,6,8-10,13,16,19-38H2,1-2H3/b7-5-,12-11-,15-14-,18-17-. The summed E-state index contributed by atoms with van der Waals surface area (Å²) in [5.74, 6) is -0.323. The Bertz CT molecular complexity index is 963. The monoisotopic (exact) mass is 765 g/mol. The Morgan fingerprint density at radius 2 is 1.13 bits per heavy atom. The molecule has 9 nitrogen and oxygen atoms in total. The third-order valence-corrected chi connectivity index (χ3v) is 9.76. The van der Waals surface area contributed by atoms with Crippen molar-refractivity contribution in [2.75, 3.05) is 26.4 Å². The van der Waals surface area contributed by atoms with Gasteiger partial charge in [0.2, 0.25) is 0 Å². The number of aliphatic hydroxyl groups is 4. The first-order chi connectivity index (χ1) is 26.4. The minimum absolute atomic E-state index is 0.114. The zero-order chi connectivity index (χ0) is 39.3. The highest BCUT2D eigenvalue weighted by Crippen LogP contribution is 2.22. The maximum absolute atomic E-state index is 12.6. The van der Waals surface area contributed by atoms with Crippen molar-refractivity contribution in [3.63, 3.8) is 0 Å². The van der Waals surface area contributed by atoms with Gasteiger partial charge in [0, 0.05) is 13.0 Å². The number of esters is 1. The van der Waals surface area contributed by atoms with E-state index in [1.165, 1.54) is 89.9 Å². The van der Waals surface area contributed by atoms with Crippen molar-refractivity contribution in [3.8, 4) is 0 Å². The first-order valence-corrected chi connectivity index (χ1v) is 21.7. The van der Waals surface area contributed by atoms with Crippen LogP contribution >= 0.6 is 0 Å². The van der Waals surface area contributed by atoms with Gasteiger partial charge >= 0.3 is 5.97 Å². The molecule has 9 heteroatoms. The first-order valence-electron chi connectivity index (χ1n) is 21.7. The van der Waals surface area contributed by atoms with Crippen molar-refractivity contribution in [2.24, 2.45) is 0 Å². The number of hydrogen-bond donors (Lipinski definition) is 4. The fourth-order valence-corrected chi connectivity index (χ4v) is 6.36. The van der Waals surface area contributed by atoms with E-state index in [0.29, 0.717) is 13.0 Å². The average Bonchev–Trinajstić information content (AvgIpc) is 3.17.